The Morgan fingerprint density at radius 2 is 2.06 bits per heavy atom. The SMILES string of the molecule is CCc1ccccc1NC(=O)CSC(C)C(=O)O. The van der Waals surface area contributed by atoms with Gasteiger partial charge in [0.05, 0.1) is 11.0 Å². The van der Waals surface area contributed by atoms with Gasteiger partial charge in [0.2, 0.25) is 5.91 Å². The molecule has 5 heteroatoms. The molecular weight excluding hydrogens is 250 g/mol. The Balaban J connectivity index is 2.52. The number of benzene rings is 1. The molecule has 0 saturated carbocycles. The first-order valence-corrected chi connectivity index (χ1v) is 6.81. The lowest BCUT2D eigenvalue weighted by molar-refractivity contribution is -0.136. The lowest BCUT2D eigenvalue weighted by Gasteiger charge is -2.10. The van der Waals surface area contributed by atoms with Crippen molar-refractivity contribution in [3.8, 4) is 0 Å². The van der Waals surface area contributed by atoms with E-state index in [1.165, 1.54) is 0 Å². The third-order valence-electron chi connectivity index (χ3n) is 2.48. The van der Waals surface area contributed by atoms with E-state index < -0.39 is 11.2 Å². The minimum absolute atomic E-state index is 0.144. The third kappa shape index (κ3) is 4.41. The Bertz CT molecular complexity index is 434. The lowest BCUT2D eigenvalue weighted by Crippen LogP contribution is -2.19. The van der Waals surface area contributed by atoms with E-state index in [4.69, 9.17) is 5.11 Å². The number of thioether (sulfide) groups is 1. The summed E-state index contributed by atoms with van der Waals surface area (Å²) in [6, 6.07) is 7.60. The molecule has 0 aliphatic carbocycles. The number of carboxylic acids is 1. The minimum Gasteiger partial charge on any atom is -0.480 e. The molecule has 0 aliphatic rings. The number of rotatable bonds is 6. The highest BCUT2D eigenvalue weighted by molar-refractivity contribution is 8.01. The van der Waals surface area contributed by atoms with Crippen molar-refractivity contribution < 1.29 is 14.7 Å². The van der Waals surface area contributed by atoms with Crippen molar-refractivity contribution in [1.82, 2.24) is 0 Å². The first kappa shape index (κ1) is 14.6. The van der Waals surface area contributed by atoms with Crippen LogP contribution in [0.5, 0.6) is 0 Å². The molecule has 0 bridgehead atoms. The number of carbonyl (C=O) groups excluding carboxylic acids is 1. The van der Waals surface area contributed by atoms with Gasteiger partial charge in [0.1, 0.15) is 0 Å². The number of hydrogen-bond acceptors (Lipinski definition) is 3. The molecule has 1 unspecified atom stereocenters. The molecule has 0 aromatic heterocycles. The summed E-state index contributed by atoms with van der Waals surface area (Å²) in [5, 5.41) is 10.9. The highest BCUT2D eigenvalue weighted by atomic mass is 32.2. The second-order valence-corrected chi connectivity index (χ2v) is 5.18. The van der Waals surface area contributed by atoms with Gasteiger partial charge in [0, 0.05) is 5.69 Å². The van der Waals surface area contributed by atoms with Crippen LogP contribution in [0.1, 0.15) is 19.4 Å². The maximum Gasteiger partial charge on any atom is 0.316 e. The van der Waals surface area contributed by atoms with Crippen molar-refractivity contribution in [1.29, 1.82) is 0 Å². The van der Waals surface area contributed by atoms with Crippen molar-refractivity contribution in [2.75, 3.05) is 11.1 Å². The smallest absolute Gasteiger partial charge is 0.316 e. The van der Waals surface area contributed by atoms with E-state index in [0.29, 0.717) is 0 Å². The molecule has 18 heavy (non-hydrogen) atoms. The Kier molecular flexibility index (Phi) is 5.71. The number of aryl methyl sites for hydroxylation is 1. The predicted octanol–water partition coefficient (Wildman–Crippen LogP) is 2.39. The first-order chi connectivity index (χ1) is 8.54. The van der Waals surface area contributed by atoms with Crippen LogP contribution in [-0.2, 0) is 16.0 Å². The minimum atomic E-state index is -0.901. The van der Waals surface area contributed by atoms with Crippen molar-refractivity contribution in [3.63, 3.8) is 0 Å². The van der Waals surface area contributed by atoms with Crippen LogP contribution < -0.4 is 5.32 Å². The molecule has 0 spiro atoms. The monoisotopic (exact) mass is 267 g/mol. The Morgan fingerprint density at radius 1 is 1.39 bits per heavy atom. The quantitative estimate of drug-likeness (QED) is 0.830. The standard InChI is InChI=1S/C13H17NO3S/c1-3-10-6-4-5-7-11(10)14-12(15)8-18-9(2)13(16)17/h4-7,9H,3,8H2,1-2H3,(H,14,15)(H,16,17). The molecule has 2 N–H and O–H groups in total. The van der Waals surface area contributed by atoms with Crippen LogP contribution in [-0.4, -0.2) is 28.0 Å². The summed E-state index contributed by atoms with van der Waals surface area (Å²) in [6.45, 7) is 3.59. The summed E-state index contributed by atoms with van der Waals surface area (Å²) in [5.41, 5.74) is 1.87. The van der Waals surface area contributed by atoms with E-state index in [9.17, 15) is 9.59 Å². The summed E-state index contributed by atoms with van der Waals surface area (Å²) < 4.78 is 0. The molecule has 0 heterocycles. The molecule has 98 valence electrons. The van der Waals surface area contributed by atoms with Gasteiger partial charge in [0.25, 0.3) is 0 Å². The molecular formula is C13H17NO3S. The zero-order valence-electron chi connectivity index (χ0n) is 10.5. The highest BCUT2D eigenvalue weighted by Crippen LogP contribution is 2.16. The van der Waals surface area contributed by atoms with Gasteiger partial charge in [0.15, 0.2) is 0 Å². The lowest BCUT2D eigenvalue weighted by atomic mass is 10.1. The fourth-order valence-corrected chi connectivity index (χ4v) is 2.02. The first-order valence-electron chi connectivity index (χ1n) is 5.76. The van der Waals surface area contributed by atoms with Gasteiger partial charge >= 0.3 is 5.97 Å². The van der Waals surface area contributed by atoms with E-state index in [-0.39, 0.29) is 11.7 Å². The second kappa shape index (κ2) is 7.06. The van der Waals surface area contributed by atoms with Crippen LogP contribution >= 0.6 is 11.8 Å². The topological polar surface area (TPSA) is 66.4 Å². The average molecular weight is 267 g/mol. The van der Waals surface area contributed by atoms with Crippen LogP contribution in [0.3, 0.4) is 0 Å². The van der Waals surface area contributed by atoms with Crippen molar-refractivity contribution in [2.24, 2.45) is 0 Å². The van der Waals surface area contributed by atoms with Gasteiger partial charge in [-0.3, -0.25) is 9.59 Å². The Hall–Kier alpha value is -1.49. The van der Waals surface area contributed by atoms with Crippen LogP contribution in [0.15, 0.2) is 24.3 Å². The molecule has 1 aromatic rings. The van der Waals surface area contributed by atoms with E-state index in [2.05, 4.69) is 5.32 Å². The van der Waals surface area contributed by atoms with Gasteiger partial charge in [-0.1, -0.05) is 25.1 Å². The number of carboxylic acid groups (broad SMARTS) is 1. The van der Waals surface area contributed by atoms with Gasteiger partial charge in [-0.05, 0) is 25.0 Å². The number of nitrogens with one attached hydrogen (secondary N) is 1. The maximum absolute atomic E-state index is 11.7. The molecule has 0 aliphatic heterocycles. The normalized spacial score (nSPS) is 11.9. The van der Waals surface area contributed by atoms with Gasteiger partial charge in [-0.2, -0.15) is 0 Å². The van der Waals surface area contributed by atoms with Crippen LogP contribution in [0.2, 0.25) is 0 Å². The Morgan fingerprint density at radius 3 is 2.67 bits per heavy atom. The van der Waals surface area contributed by atoms with Gasteiger partial charge < -0.3 is 10.4 Å². The number of anilines is 1. The summed E-state index contributed by atoms with van der Waals surface area (Å²) in [7, 11) is 0. The summed E-state index contributed by atoms with van der Waals surface area (Å²) in [5.74, 6) is -0.929. The number of para-hydroxylation sites is 1. The maximum atomic E-state index is 11.7. The summed E-state index contributed by atoms with van der Waals surface area (Å²) in [6.07, 6.45) is 0.842. The fraction of sp³-hybridized carbons (Fsp3) is 0.385. The van der Waals surface area contributed by atoms with E-state index in [0.717, 1.165) is 29.4 Å². The summed E-state index contributed by atoms with van der Waals surface area (Å²) >= 11 is 1.11. The zero-order valence-corrected chi connectivity index (χ0v) is 11.3. The number of aliphatic carboxylic acids is 1. The zero-order chi connectivity index (χ0) is 13.5. The molecule has 0 fully saturated rings. The van der Waals surface area contributed by atoms with Crippen LogP contribution in [0.25, 0.3) is 0 Å². The molecule has 0 saturated heterocycles. The average Bonchev–Trinajstić information content (AvgIpc) is 2.36. The summed E-state index contributed by atoms with van der Waals surface area (Å²) in [4.78, 5) is 22.3. The molecule has 1 rings (SSSR count). The number of hydrogen-bond donors (Lipinski definition) is 2. The molecule has 1 atom stereocenters. The molecule has 4 nitrogen and oxygen atoms in total. The number of amides is 1. The fourth-order valence-electron chi connectivity index (χ4n) is 1.41. The molecule has 0 radical (unpaired) electrons. The highest BCUT2D eigenvalue weighted by Gasteiger charge is 2.13. The van der Waals surface area contributed by atoms with Crippen molar-refractivity contribution in [2.45, 2.75) is 25.5 Å². The largest absolute Gasteiger partial charge is 0.480 e. The predicted molar refractivity (Wildman–Crippen MR) is 74.0 cm³/mol. The van der Waals surface area contributed by atoms with Crippen LogP contribution in [0.4, 0.5) is 5.69 Å². The molecule has 1 aromatic carbocycles. The van der Waals surface area contributed by atoms with E-state index in [1.54, 1.807) is 6.92 Å². The van der Waals surface area contributed by atoms with E-state index in [1.807, 2.05) is 31.2 Å². The van der Waals surface area contributed by atoms with Crippen molar-refractivity contribution >= 4 is 29.3 Å². The van der Waals surface area contributed by atoms with E-state index >= 15 is 0 Å². The third-order valence-corrected chi connectivity index (χ3v) is 3.62. The number of carbonyl (C=O) groups is 2. The Labute approximate surface area is 111 Å². The molecule has 1 amide bonds. The van der Waals surface area contributed by atoms with Gasteiger partial charge in [-0.15, -0.1) is 11.8 Å². The van der Waals surface area contributed by atoms with Crippen molar-refractivity contribution in [3.05, 3.63) is 29.8 Å². The van der Waals surface area contributed by atoms with Gasteiger partial charge in [-0.25, -0.2) is 0 Å². The van der Waals surface area contributed by atoms with Crippen LogP contribution in [0, 0.1) is 0 Å². The second-order valence-electron chi connectivity index (χ2n) is 3.85.